The lowest BCUT2D eigenvalue weighted by molar-refractivity contribution is -0.143. The highest BCUT2D eigenvalue weighted by Crippen LogP contribution is 2.45. The Morgan fingerprint density at radius 1 is 0.882 bits per heavy atom. The fourth-order valence-corrected chi connectivity index (χ4v) is 8.24. The molecule has 2 aliphatic carbocycles. The molecule has 2 aromatic heterocycles. The molecule has 1 aliphatic heterocycles. The molecule has 1 unspecified atom stereocenters. The normalized spacial score (nSPS) is 20.1. The monoisotopic (exact) mass is 1050 g/mol. The number of sulfonamides is 1. The molecule has 0 radical (unpaired) electrons. The van der Waals surface area contributed by atoms with Crippen LogP contribution in [0.3, 0.4) is 0 Å². The number of esters is 2. The van der Waals surface area contributed by atoms with E-state index in [1.807, 2.05) is 0 Å². The third kappa shape index (κ3) is 13.7. The number of nitrogens with one attached hydrogen (secondary N) is 4. The molecule has 5 rings (SSSR count). The number of rotatable bonds is 13. The number of anilines is 1. The van der Waals surface area contributed by atoms with Crippen molar-refractivity contribution in [2.45, 2.75) is 102 Å². The van der Waals surface area contributed by atoms with Crippen molar-refractivity contribution >= 4 is 116 Å². The van der Waals surface area contributed by atoms with Crippen LogP contribution in [0, 0.1) is 11.3 Å². The summed E-state index contributed by atoms with van der Waals surface area (Å²) in [5.74, 6) is -5.76. The molecule has 4 N–H and O–H groups in total. The largest absolute Gasteiger partial charge is 0.464 e. The smallest absolute Gasteiger partial charge is 0.413 e. The van der Waals surface area contributed by atoms with E-state index in [4.69, 9.17) is 55.9 Å². The standard InChI is InChI=1S/C32H43Cl2N7O11S.C7H3Cl2N3O3/c1-9-15-13-32(15,27(45)40-53(48,49)17-10-11-17)39-24(42)18-12-16(51-28(46)38-23-19(26(44)50-8)35-21(33)22(34)37-23)14-41(18)25(43)20(30(2,3)4)36-29(47)52-31(5,6)7;1-15-7(14)3-6(10-2-13)12-5(9)4(8)11-3/h9,15-18,20H,1,10-14H2,2-8H3,(H,36,47)(H,39,42)(H,40,45)(H,37,38,46);1H3/t15?,16-,18+,20-,32-;/m1./s1. The van der Waals surface area contributed by atoms with Crippen LogP contribution in [0.4, 0.5) is 21.2 Å². The minimum absolute atomic E-state index is 0.0370. The molecular weight excluding hydrogens is 1010 g/mol. The van der Waals surface area contributed by atoms with E-state index in [2.05, 4.69) is 61.7 Å². The van der Waals surface area contributed by atoms with Gasteiger partial charge in [-0.1, -0.05) is 73.3 Å². The minimum Gasteiger partial charge on any atom is -0.464 e. The van der Waals surface area contributed by atoms with Crippen molar-refractivity contribution in [1.82, 2.24) is 40.2 Å². The number of hydrogen-bond acceptors (Lipinski definition) is 19. The van der Waals surface area contributed by atoms with E-state index in [-0.39, 0.29) is 51.5 Å². The molecule has 5 amide bonds. The van der Waals surface area contributed by atoms with Gasteiger partial charge in [0.2, 0.25) is 27.9 Å². The van der Waals surface area contributed by atoms with Crippen molar-refractivity contribution in [3.05, 3.63) is 44.7 Å². The number of nitrogens with zero attached hydrogens (tertiary/aromatic N) is 6. The topological polar surface area (TPSA) is 323 Å². The van der Waals surface area contributed by atoms with Crippen LogP contribution in [0.25, 0.3) is 0 Å². The van der Waals surface area contributed by atoms with Gasteiger partial charge in [-0.2, -0.15) is 0 Å². The number of amides is 5. The molecule has 68 heavy (non-hydrogen) atoms. The highest BCUT2D eigenvalue weighted by Gasteiger charge is 2.62. The van der Waals surface area contributed by atoms with Gasteiger partial charge < -0.3 is 34.5 Å². The molecule has 24 nitrogen and oxygen atoms in total. The number of likely N-dealkylation sites (tertiary alicyclic amines) is 1. The van der Waals surface area contributed by atoms with Crippen LogP contribution < -0.4 is 20.7 Å². The van der Waals surface area contributed by atoms with Crippen molar-refractivity contribution in [3.8, 4) is 0 Å². The second-order valence-electron chi connectivity index (χ2n) is 17.2. The minimum atomic E-state index is -3.98. The highest BCUT2D eigenvalue weighted by molar-refractivity contribution is 7.91. The molecule has 3 heterocycles. The molecule has 5 atom stereocenters. The van der Waals surface area contributed by atoms with Crippen molar-refractivity contribution in [3.63, 3.8) is 0 Å². The number of isocyanates is 1. The van der Waals surface area contributed by atoms with Gasteiger partial charge in [0.1, 0.15) is 29.3 Å². The second-order valence-corrected chi connectivity index (χ2v) is 20.6. The van der Waals surface area contributed by atoms with Crippen molar-refractivity contribution in [2.24, 2.45) is 16.3 Å². The number of alkyl carbamates (subject to hydrolysis) is 1. The molecule has 29 heteroatoms. The van der Waals surface area contributed by atoms with E-state index in [9.17, 15) is 46.8 Å². The van der Waals surface area contributed by atoms with Gasteiger partial charge in [-0.05, 0) is 45.4 Å². The summed E-state index contributed by atoms with van der Waals surface area (Å²) < 4.78 is 47.3. The maximum absolute atomic E-state index is 14.3. The molecule has 2 aromatic rings. The molecule has 370 valence electrons. The van der Waals surface area contributed by atoms with Crippen LogP contribution in [0.2, 0.25) is 20.6 Å². The van der Waals surface area contributed by atoms with Crippen LogP contribution in [-0.4, -0.2) is 137 Å². The van der Waals surface area contributed by atoms with Crippen LogP contribution in [0.1, 0.15) is 88.2 Å². The van der Waals surface area contributed by atoms with Gasteiger partial charge in [-0.3, -0.25) is 24.4 Å². The van der Waals surface area contributed by atoms with E-state index in [1.165, 1.54) is 12.2 Å². The van der Waals surface area contributed by atoms with Gasteiger partial charge in [0, 0.05) is 12.3 Å². The highest BCUT2D eigenvalue weighted by atomic mass is 35.5. The maximum atomic E-state index is 14.3. The Morgan fingerprint density at radius 3 is 1.96 bits per heavy atom. The molecule has 0 aromatic carbocycles. The van der Waals surface area contributed by atoms with Gasteiger partial charge in [0.25, 0.3) is 5.91 Å². The molecule has 2 saturated carbocycles. The molecular formula is C39H46Cl4N10O14S. The predicted octanol–water partition coefficient (Wildman–Crippen LogP) is 4.23. The number of aromatic nitrogens is 4. The molecule has 3 aliphatic rings. The first-order chi connectivity index (χ1) is 31.5. The quantitative estimate of drug-likeness (QED) is 0.0717. The number of ether oxygens (including phenoxy) is 4. The average Bonchev–Trinajstić information content (AvgIpc) is 4.17. The molecule has 0 spiro atoms. The van der Waals surface area contributed by atoms with Crippen LogP contribution >= 0.6 is 46.4 Å². The third-order valence-electron chi connectivity index (χ3n) is 9.89. The number of hydrogen-bond donors (Lipinski definition) is 4. The lowest BCUT2D eigenvalue weighted by Crippen LogP contribution is -2.60. The third-order valence-corrected chi connectivity index (χ3v) is 13.0. The Morgan fingerprint density at radius 2 is 1.44 bits per heavy atom. The van der Waals surface area contributed by atoms with E-state index in [1.54, 1.807) is 41.5 Å². The zero-order chi connectivity index (χ0) is 51.3. The van der Waals surface area contributed by atoms with E-state index in [0.29, 0.717) is 12.8 Å². The number of halogens is 4. The van der Waals surface area contributed by atoms with Gasteiger partial charge in [0.15, 0.2) is 43.6 Å². The second kappa shape index (κ2) is 21.7. The van der Waals surface area contributed by atoms with E-state index < -0.39 is 109 Å². The number of aliphatic imine (C=N–C) groups is 1. The van der Waals surface area contributed by atoms with Gasteiger partial charge in [-0.25, -0.2) is 52.3 Å². The summed E-state index contributed by atoms with van der Waals surface area (Å²) in [4.78, 5) is 120. The Hall–Kier alpha value is -5.72. The summed E-state index contributed by atoms with van der Waals surface area (Å²) in [6.45, 7) is 13.3. The first-order valence-corrected chi connectivity index (χ1v) is 23.1. The zero-order valence-corrected chi connectivity index (χ0v) is 41.4. The summed E-state index contributed by atoms with van der Waals surface area (Å²) in [7, 11) is -1.78. The fraction of sp³-hybridized carbons (Fsp3) is 0.538. The molecule has 3 fully saturated rings. The SMILES string of the molecule is C=CC1C[C@]1(NC(=O)[C@@H]1C[C@@H](OC(=O)Nc2nc(Cl)c(Cl)nc2C(=O)OC)CN1C(=O)[C@@H](NC(=O)OC(C)(C)C)C(C)(C)C)C(=O)NS(=O)(=O)C1CC1.COC(=O)c1nc(Cl)c(Cl)nc1N=C=O. The summed E-state index contributed by atoms with van der Waals surface area (Å²) in [6, 6.07) is -2.66. The van der Waals surface area contributed by atoms with E-state index >= 15 is 0 Å². The fourth-order valence-electron chi connectivity index (χ4n) is 6.37. The summed E-state index contributed by atoms with van der Waals surface area (Å²) in [5, 5.41) is 5.70. The van der Waals surface area contributed by atoms with Crippen molar-refractivity contribution in [2.75, 3.05) is 26.1 Å². The molecule has 1 saturated heterocycles. The van der Waals surface area contributed by atoms with Crippen molar-refractivity contribution in [1.29, 1.82) is 0 Å². The van der Waals surface area contributed by atoms with Crippen LogP contribution in [0.5, 0.6) is 0 Å². The summed E-state index contributed by atoms with van der Waals surface area (Å²) in [5.41, 5.74) is -4.31. The summed E-state index contributed by atoms with van der Waals surface area (Å²) in [6.07, 6.45) is -0.112. The molecule has 0 bridgehead atoms. The maximum Gasteiger partial charge on any atom is 0.413 e. The Kier molecular flexibility index (Phi) is 17.5. The first-order valence-electron chi connectivity index (χ1n) is 20.0. The number of carbonyl (C=O) groups is 7. The lowest BCUT2D eigenvalue weighted by atomic mass is 9.85. The summed E-state index contributed by atoms with van der Waals surface area (Å²) >= 11 is 22.9. The first kappa shape index (κ1) is 54.9. The predicted molar refractivity (Wildman–Crippen MR) is 240 cm³/mol. The Labute approximate surface area is 409 Å². The van der Waals surface area contributed by atoms with Crippen LogP contribution in [-0.2, 0) is 48.1 Å². The Balaban J connectivity index is 0.000000570. The number of methoxy groups -OCH3 is 2. The van der Waals surface area contributed by atoms with Gasteiger partial charge in [-0.15, -0.1) is 11.6 Å². The Bertz CT molecular complexity index is 2550. The van der Waals surface area contributed by atoms with Crippen molar-refractivity contribution < 1.29 is 65.7 Å². The van der Waals surface area contributed by atoms with Gasteiger partial charge >= 0.3 is 24.1 Å². The number of carbonyl (C=O) groups excluding carboxylic acids is 8. The zero-order valence-electron chi connectivity index (χ0n) is 37.5. The average molecular weight is 1050 g/mol. The van der Waals surface area contributed by atoms with Crippen LogP contribution in [0.15, 0.2) is 17.6 Å². The van der Waals surface area contributed by atoms with E-state index in [0.717, 1.165) is 19.1 Å². The lowest BCUT2D eigenvalue weighted by Gasteiger charge is -2.36. The van der Waals surface area contributed by atoms with Gasteiger partial charge in [0.05, 0.1) is 26.0 Å².